The van der Waals surface area contributed by atoms with E-state index in [1.54, 1.807) is 0 Å². The van der Waals surface area contributed by atoms with Gasteiger partial charge in [0.15, 0.2) is 0 Å². The van der Waals surface area contributed by atoms with E-state index >= 15 is 0 Å². The molecule has 1 aromatic rings. The van der Waals surface area contributed by atoms with Crippen molar-refractivity contribution in [1.29, 1.82) is 0 Å². The number of aromatic nitrogens is 3. The van der Waals surface area contributed by atoms with Crippen LogP contribution in [0, 0.1) is 0 Å². The Morgan fingerprint density at radius 3 is 2.24 bits per heavy atom. The van der Waals surface area contributed by atoms with Crippen molar-refractivity contribution in [2.75, 3.05) is 28.7 Å². The summed E-state index contributed by atoms with van der Waals surface area (Å²) in [5, 5.41) is 3.49. The lowest BCUT2D eigenvalue weighted by atomic mass is 9.83. The van der Waals surface area contributed by atoms with Gasteiger partial charge in [-0.1, -0.05) is 19.3 Å². The smallest absolute Gasteiger partial charge is 0.243 e. The molecule has 0 radical (unpaired) electrons. The molecule has 2 rings (SSSR count). The average Bonchev–Trinajstić information content (AvgIpc) is 2.48. The molecule has 1 aliphatic carbocycles. The lowest BCUT2D eigenvalue weighted by molar-refractivity contribution is 0.347. The largest absolute Gasteiger partial charge is 0.349 e. The number of nitrogens with two attached hydrogens (primary N) is 1. The number of nitrogens with one attached hydrogen (secondary N) is 2. The molecule has 0 spiro atoms. The molecule has 0 unspecified atom stereocenters. The first-order valence-electron chi connectivity index (χ1n) is 7.86. The molecular weight excluding hydrogens is 266 g/mol. The number of rotatable bonds is 6. The zero-order valence-electron chi connectivity index (χ0n) is 13.3. The maximum atomic E-state index is 5.49. The van der Waals surface area contributed by atoms with Crippen LogP contribution in [0.2, 0.25) is 0 Å². The second-order valence-corrected chi connectivity index (χ2v) is 5.85. The fourth-order valence-electron chi connectivity index (χ4n) is 2.86. The monoisotopic (exact) mass is 293 g/mol. The maximum absolute atomic E-state index is 5.49. The van der Waals surface area contributed by atoms with Gasteiger partial charge in [0.1, 0.15) is 0 Å². The molecule has 118 valence electrons. The van der Waals surface area contributed by atoms with E-state index in [-0.39, 0.29) is 5.54 Å². The van der Waals surface area contributed by atoms with E-state index in [0.29, 0.717) is 17.8 Å². The Kier molecular flexibility index (Phi) is 5.17. The van der Waals surface area contributed by atoms with E-state index in [4.69, 9.17) is 5.84 Å². The van der Waals surface area contributed by atoms with Crippen molar-refractivity contribution in [3.8, 4) is 0 Å². The molecule has 0 bridgehead atoms. The Morgan fingerprint density at radius 2 is 1.67 bits per heavy atom. The lowest BCUT2D eigenvalue weighted by Crippen LogP contribution is -2.38. The van der Waals surface area contributed by atoms with E-state index in [2.05, 4.69) is 51.4 Å². The van der Waals surface area contributed by atoms with Crippen LogP contribution < -0.4 is 21.5 Å². The SMILES string of the molecule is CCN(CC)c1nc(NN)nc(NC2(C)CCCCC2)n1. The van der Waals surface area contributed by atoms with Gasteiger partial charge in [0.05, 0.1) is 0 Å². The van der Waals surface area contributed by atoms with Crippen LogP contribution in [-0.4, -0.2) is 33.6 Å². The first kappa shape index (κ1) is 15.8. The molecule has 1 fully saturated rings. The Hall–Kier alpha value is -1.63. The van der Waals surface area contributed by atoms with E-state index in [0.717, 1.165) is 25.9 Å². The Morgan fingerprint density at radius 1 is 1.05 bits per heavy atom. The van der Waals surface area contributed by atoms with Crippen molar-refractivity contribution in [3.05, 3.63) is 0 Å². The van der Waals surface area contributed by atoms with Crippen molar-refractivity contribution in [2.24, 2.45) is 5.84 Å². The van der Waals surface area contributed by atoms with Gasteiger partial charge >= 0.3 is 0 Å². The van der Waals surface area contributed by atoms with Gasteiger partial charge in [0.25, 0.3) is 0 Å². The second-order valence-electron chi connectivity index (χ2n) is 5.85. The minimum absolute atomic E-state index is 0.0615. The number of hydrogen-bond donors (Lipinski definition) is 3. The van der Waals surface area contributed by atoms with E-state index in [1.165, 1.54) is 19.3 Å². The molecule has 0 atom stereocenters. The molecule has 21 heavy (non-hydrogen) atoms. The van der Waals surface area contributed by atoms with Crippen molar-refractivity contribution < 1.29 is 0 Å². The zero-order chi connectivity index (χ0) is 15.3. The molecule has 7 nitrogen and oxygen atoms in total. The standard InChI is InChI=1S/C14H27N7/c1-4-21(5-2)13-17-11(16-12(18-13)20-15)19-14(3)9-7-6-8-10-14/h4-10,15H2,1-3H3,(H2,16,17,18,19,20). The molecule has 1 saturated carbocycles. The average molecular weight is 293 g/mol. The highest BCUT2D eigenvalue weighted by Gasteiger charge is 2.27. The van der Waals surface area contributed by atoms with Crippen LogP contribution in [0.5, 0.6) is 0 Å². The lowest BCUT2D eigenvalue weighted by Gasteiger charge is -2.34. The van der Waals surface area contributed by atoms with Crippen LogP contribution in [0.1, 0.15) is 52.9 Å². The van der Waals surface area contributed by atoms with Gasteiger partial charge < -0.3 is 10.2 Å². The van der Waals surface area contributed by atoms with Gasteiger partial charge in [0, 0.05) is 18.6 Å². The summed E-state index contributed by atoms with van der Waals surface area (Å²) in [7, 11) is 0. The van der Waals surface area contributed by atoms with Gasteiger partial charge in [-0.25, -0.2) is 5.84 Å². The molecule has 0 aliphatic heterocycles. The van der Waals surface area contributed by atoms with Crippen LogP contribution in [0.15, 0.2) is 0 Å². The van der Waals surface area contributed by atoms with Gasteiger partial charge in [-0.3, -0.25) is 5.43 Å². The molecule has 4 N–H and O–H groups in total. The van der Waals surface area contributed by atoms with Crippen LogP contribution in [0.3, 0.4) is 0 Å². The van der Waals surface area contributed by atoms with Gasteiger partial charge in [-0.05, 0) is 33.6 Å². The summed E-state index contributed by atoms with van der Waals surface area (Å²) >= 11 is 0. The molecule has 0 aromatic carbocycles. The van der Waals surface area contributed by atoms with Crippen LogP contribution in [0.25, 0.3) is 0 Å². The fourth-order valence-corrected chi connectivity index (χ4v) is 2.86. The maximum Gasteiger partial charge on any atom is 0.243 e. The highest BCUT2D eigenvalue weighted by Crippen LogP contribution is 2.30. The summed E-state index contributed by atoms with van der Waals surface area (Å²) in [5.74, 6) is 7.14. The van der Waals surface area contributed by atoms with Crippen molar-refractivity contribution in [2.45, 2.75) is 58.4 Å². The Balaban J connectivity index is 2.23. The first-order valence-corrected chi connectivity index (χ1v) is 7.86. The minimum atomic E-state index is 0.0615. The van der Waals surface area contributed by atoms with E-state index in [9.17, 15) is 0 Å². The van der Waals surface area contributed by atoms with Crippen molar-refractivity contribution in [3.63, 3.8) is 0 Å². The molecule has 7 heteroatoms. The van der Waals surface area contributed by atoms with Crippen LogP contribution in [-0.2, 0) is 0 Å². The molecule has 1 heterocycles. The third kappa shape index (κ3) is 3.93. The number of nitrogen functional groups attached to an aromatic ring is 1. The summed E-state index contributed by atoms with van der Waals surface area (Å²) in [6.07, 6.45) is 6.10. The third-order valence-corrected chi connectivity index (χ3v) is 4.17. The quantitative estimate of drug-likeness (QED) is 0.546. The zero-order valence-corrected chi connectivity index (χ0v) is 13.3. The fraction of sp³-hybridized carbons (Fsp3) is 0.786. The highest BCUT2D eigenvalue weighted by molar-refractivity contribution is 5.44. The van der Waals surface area contributed by atoms with E-state index in [1.807, 2.05) is 0 Å². The number of hydrazine groups is 1. The first-order chi connectivity index (χ1) is 10.1. The predicted molar refractivity (Wildman–Crippen MR) is 86.3 cm³/mol. The van der Waals surface area contributed by atoms with Crippen molar-refractivity contribution in [1.82, 2.24) is 15.0 Å². The molecule has 1 aliphatic rings. The highest BCUT2D eigenvalue weighted by atomic mass is 15.4. The summed E-state index contributed by atoms with van der Waals surface area (Å²) < 4.78 is 0. The Labute approximate surface area is 126 Å². The summed E-state index contributed by atoms with van der Waals surface area (Å²) in [6.45, 7) is 8.10. The van der Waals surface area contributed by atoms with Gasteiger partial charge in [-0.2, -0.15) is 15.0 Å². The number of hydrogen-bond acceptors (Lipinski definition) is 7. The predicted octanol–water partition coefficient (Wildman–Crippen LogP) is 2.14. The summed E-state index contributed by atoms with van der Waals surface area (Å²) in [4.78, 5) is 15.3. The third-order valence-electron chi connectivity index (χ3n) is 4.17. The minimum Gasteiger partial charge on any atom is -0.349 e. The summed E-state index contributed by atoms with van der Waals surface area (Å²) in [5.41, 5.74) is 2.59. The normalized spacial score (nSPS) is 17.3. The van der Waals surface area contributed by atoms with Crippen molar-refractivity contribution >= 4 is 17.8 Å². The second kappa shape index (κ2) is 6.89. The van der Waals surface area contributed by atoms with Gasteiger partial charge in [0.2, 0.25) is 17.8 Å². The van der Waals surface area contributed by atoms with Crippen LogP contribution >= 0.6 is 0 Å². The molecule has 0 saturated heterocycles. The Bertz CT molecular complexity index is 453. The number of nitrogens with zero attached hydrogens (tertiary/aromatic N) is 4. The topological polar surface area (TPSA) is 92.0 Å². The number of anilines is 3. The molecular formula is C14H27N7. The molecule has 1 aromatic heterocycles. The summed E-state index contributed by atoms with van der Waals surface area (Å²) in [6, 6.07) is 0. The van der Waals surface area contributed by atoms with E-state index < -0.39 is 0 Å². The van der Waals surface area contributed by atoms with Gasteiger partial charge in [-0.15, -0.1) is 0 Å². The molecule has 0 amide bonds. The van der Waals surface area contributed by atoms with Crippen LogP contribution in [0.4, 0.5) is 17.8 Å².